The maximum Gasteiger partial charge on any atom is 0.238 e. The van der Waals surface area contributed by atoms with Gasteiger partial charge in [-0.25, -0.2) is 14.4 Å². The summed E-state index contributed by atoms with van der Waals surface area (Å²) in [6, 6.07) is 8.22. The zero-order chi connectivity index (χ0) is 19.4. The molecule has 1 amide bonds. The van der Waals surface area contributed by atoms with Gasteiger partial charge in [0.2, 0.25) is 11.9 Å². The lowest BCUT2D eigenvalue weighted by atomic mass is 10.1. The van der Waals surface area contributed by atoms with Gasteiger partial charge in [0.15, 0.2) is 0 Å². The van der Waals surface area contributed by atoms with Gasteiger partial charge in [0.25, 0.3) is 0 Å². The molecule has 7 heteroatoms. The third-order valence-corrected chi connectivity index (χ3v) is 4.62. The highest BCUT2D eigenvalue weighted by molar-refractivity contribution is 5.92. The number of piperazine rings is 1. The molecule has 0 bridgehead atoms. The second kappa shape index (κ2) is 8.43. The van der Waals surface area contributed by atoms with E-state index in [0.717, 1.165) is 43.5 Å². The molecule has 1 aromatic carbocycles. The van der Waals surface area contributed by atoms with E-state index in [0.29, 0.717) is 5.92 Å². The Morgan fingerprint density at radius 3 is 2.56 bits per heavy atom. The molecule has 1 aliphatic heterocycles. The minimum Gasteiger partial charge on any atom is -0.338 e. The van der Waals surface area contributed by atoms with Gasteiger partial charge in [-0.1, -0.05) is 26.0 Å². The number of carbonyl (C=O) groups is 1. The van der Waals surface area contributed by atoms with E-state index in [1.54, 1.807) is 18.2 Å². The zero-order valence-corrected chi connectivity index (χ0v) is 16.1. The van der Waals surface area contributed by atoms with E-state index in [2.05, 4.69) is 38.9 Å². The minimum atomic E-state index is -0.423. The third-order valence-electron chi connectivity index (χ3n) is 4.62. The number of para-hydroxylation sites is 1. The van der Waals surface area contributed by atoms with Crippen LogP contribution in [0.3, 0.4) is 0 Å². The average molecular weight is 371 g/mol. The first kappa shape index (κ1) is 19.2. The lowest BCUT2D eigenvalue weighted by molar-refractivity contribution is -0.117. The number of carbonyl (C=O) groups excluding carboxylic acids is 1. The molecule has 27 heavy (non-hydrogen) atoms. The number of nitrogens with one attached hydrogen (secondary N) is 1. The lowest BCUT2D eigenvalue weighted by Gasteiger charge is -2.34. The Bertz CT molecular complexity index is 803. The maximum atomic E-state index is 13.6. The van der Waals surface area contributed by atoms with Crippen LogP contribution in [0.25, 0.3) is 0 Å². The van der Waals surface area contributed by atoms with E-state index in [1.165, 1.54) is 6.07 Å². The number of anilines is 2. The highest BCUT2D eigenvalue weighted by atomic mass is 19.1. The van der Waals surface area contributed by atoms with Crippen molar-refractivity contribution in [3.05, 3.63) is 47.5 Å². The number of aromatic nitrogens is 2. The van der Waals surface area contributed by atoms with Crippen molar-refractivity contribution in [2.24, 2.45) is 0 Å². The summed E-state index contributed by atoms with van der Waals surface area (Å²) >= 11 is 0. The first-order chi connectivity index (χ1) is 12.9. The van der Waals surface area contributed by atoms with Gasteiger partial charge in [0.05, 0.1) is 12.2 Å². The molecular weight excluding hydrogens is 345 g/mol. The fourth-order valence-electron chi connectivity index (χ4n) is 3.08. The Hall–Kier alpha value is -2.54. The van der Waals surface area contributed by atoms with E-state index in [4.69, 9.17) is 0 Å². The number of rotatable bonds is 5. The normalized spacial score (nSPS) is 15.2. The summed E-state index contributed by atoms with van der Waals surface area (Å²) in [5.41, 5.74) is 2.23. The van der Waals surface area contributed by atoms with Crippen LogP contribution in [0.4, 0.5) is 16.0 Å². The van der Waals surface area contributed by atoms with Crippen molar-refractivity contribution < 1.29 is 9.18 Å². The fraction of sp³-hybridized carbons (Fsp3) is 0.450. The molecule has 144 valence electrons. The van der Waals surface area contributed by atoms with Crippen LogP contribution in [0.15, 0.2) is 30.3 Å². The molecule has 0 radical (unpaired) electrons. The van der Waals surface area contributed by atoms with Crippen molar-refractivity contribution in [1.29, 1.82) is 0 Å². The third kappa shape index (κ3) is 5.01. The molecule has 0 saturated carbocycles. The van der Waals surface area contributed by atoms with E-state index < -0.39 is 5.82 Å². The predicted octanol–water partition coefficient (Wildman–Crippen LogP) is 2.81. The fourth-order valence-corrected chi connectivity index (χ4v) is 3.08. The van der Waals surface area contributed by atoms with Crippen molar-refractivity contribution in [2.45, 2.75) is 26.7 Å². The van der Waals surface area contributed by atoms with Crippen LogP contribution in [0.2, 0.25) is 0 Å². The smallest absolute Gasteiger partial charge is 0.238 e. The quantitative estimate of drug-likeness (QED) is 0.876. The molecule has 6 nitrogen and oxygen atoms in total. The summed E-state index contributed by atoms with van der Waals surface area (Å²) < 4.78 is 13.6. The Kier molecular flexibility index (Phi) is 6.01. The molecule has 1 saturated heterocycles. The summed E-state index contributed by atoms with van der Waals surface area (Å²) in [5, 5.41) is 2.63. The van der Waals surface area contributed by atoms with Gasteiger partial charge in [-0.15, -0.1) is 0 Å². The van der Waals surface area contributed by atoms with Crippen molar-refractivity contribution in [3.63, 3.8) is 0 Å². The Morgan fingerprint density at radius 2 is 1.89 bits per heavy atom. The van der Waals surface area contributed by atoms with E-state index >= 15 is 0 Å². The summed E-state index contributed by atoms with van der Waals surface area (Å²) in [4.78, 5) is 25.7. The van der Waals surface area contributed by atoms with Crippen LogP contribution in [-0.4, -0.2) is 53.5 Å². The van der Waals surface area contributed by atoms with Crippen LogP contribution in [-0.2, 0) is 4.79 Å². The number of nitrogens with zero attached hydrogens (tertiary/aromatic N) is 4. The van der Waals surface area contributed by atoms with Gasteiger partial charge in [-0.2, -0.15) is 0 Å². The summed E-state index contributed by atoms with van der Waals surface area (Å²) in [7, 11) is 0. The SMILES string of the molecule is Cc1cc(C(C)C)nc(N2CCN(CC(=O)Nc3ccccc3F)CC2)n1. The molecule has 0 aliphatic carbocycles. The molecule has 0 unspecified atom stereocenters. The van der Waals surface area contributed by atoms with Crippen LogP contribution in [0.1, 0.15) is 31.2 Å². The lowest BCUT2D eigenvalue weighted by Crippen LogP contribution is -2.49. The largest absolute Gasteiger partial charge is 0.338 e. The second-order valence-electron chi connectivity index (χ2n) is 7.18. The number of halogens is 1. The number of amides is 1. The molecule has 1 N–H and O–H groups in total. The Morgan fingerprint density at radius 1 is 1.19 bits per heavy atom. The molecular formula is C20H26FN5O. The number of aryl methyl sites for hydroxylation is 1. The number of hydrogen-bond donors (Lipinski definition) is 1. The number of benzene rings is 1. The highest BCUT2D eigenvalue weighted by Gasteiger charge is 2.22. The van der Waals surface area contributed by atoms with Crippen molar-refractivity contribution in [3.8, 4) is 0 Å². The Labute approximate surface area is 159 Å². The second-order valence-corrected chi connectivity index (χ2v) is 7.18. The molecule has 0 spiro atoms. The maximum absolute atomic E-state index is 13.6. The van der Waals surface area contributed by atoms with Gasteiger partial charge >= 0.3 is 0 Å². The molecule has 2 heterocycles. The van der Waals surface area contributed by atoms with Crippen molar-refractivity contribution in [1.82, 2.24) is 14.9 Å². The first-order valence-electron chi connectivity index (χ1n) is 9.29. The molecule has 3 rings (SSSR count). The van der Waals surface area contributed by atoms with Gasteiger partial charge < -0.3 is 10.2 Å². The van der Waals surface area contributed by atoms with Crippen LogP contribution >= 0.6 is 0 Å². The minimum absolute atomic E-state index is 0.206. The topological polar surface area (TPSA) is 61.4 Å². The molecule has 1 aromatic heterocycles. The molecule has 0 atom stereocenters. The summed E-state index contributed by atoms with van der Waals surface area (Å²) in [6.45, 7) is 9.46. The molecule has 2 aromatic rings. The predicted molar refractivity (Wildman–Crippen MR) is 105 cm³/mol. The van der Waals surface area contributed by atoms with E-state index in [-0.39, 0.29) is 18.1 Å². The van der Waals surface area contributed by atoms with Crippen molar-refractivity contribution >= 4 is 17.5 Å². The van der Waals surface area contributed by atoms with Gasteiger partial charge in [0, 0.05) is 37.6 Å². The molecule has 1 aliphatic rings. The Balaban J connectivity index is 1.55. The van der Waals surface area contributed by atoms with Crippen LogP contribution in [0.5, 0.6) is 0 Å². The number of hydrogen-bond acceptors (Lipinski definition) is 5. The summed E-state index contributed by atoms with van der Waals surface area (Å²) in [5.74, 6) is 0.485. The monoisotopic (exact) mass is 371 g/mol. The van der Waals surface area contributed by atoms with Crippen LogP contribution in [0, 0.1) is 12.7 Å². The molecule has 1 fully saturated rings. The van der Waals surface area contributed by atoms with Gasteiger partial charge in [-0.05, 0) is 31.0 Å². The van der Waals surface area contributed by atoms with E-state index in [9.17, 15) is 9.18 Å². The van der Waals surface area contributed by atoms with Crippen LogP contribution < -0.4 is 10.2 Å². The average Bonchev–Trinajstić information content (AvgIpc) is 2.63. The zero-order valence-electron chi connectivity index (χ0n) is 16.1. The first-order valence-corrected chi connectivity index (χ1v) is 9.29. The van der Waals surface area contributed by atoms with Gasteiger partial charge in [-0.3, -0.25) is 9.69 Å². The highest BCUT2D eigenvalue weighted by Crippen LogP contribution is 2.18. The van der Waals surface area contributed by atoms with E-state index in [1.807, 2.05) is 13.0 Å². The van der Waals surface area contributed by atoms with Crippen molar-refractivity contribution in [2.75, 3.05) is 42.9 Å². The standard InChI is InChI=1S/C20H26FN5O/c1-14(2)18-12-15(3)22-20(24-18)26-10-8-25(9-11-26)13-19(27)23-17-7-5-4-6-16(17)21/h4-7,12,14H,8-11,13H2,1-3H3,(H,23,27). The summed E-state index contributed by atoms with van der Waals surface area (Å²) in [6.07, 6.45) is 0. The van der Waals surface area contributed by atoms with Gasteiger partial charge in [0.1, 0.15) is 5.82 Å².